The zero-order valence-electron chi connectivity index (χ0n) is 13.3. The molecular weight excluding hydrogens is 313 g/mol. The van der Waals surface area contributed by atoms with Crippen LogP contribution in [0.25, 0.3) is 0 Å². The molecule has 0 saturated heterocycles. The number of aromatic nitrogens is 2. The summed E-state index contributed by atoms with van der Waals surface area (Å²) in [7, 11) is 1.87. The average Bonchev–Trinajstić information content (AvgIpc) is 3.15. The van der Waals surface area contributed by atoms with Crippen molar-refractivity contribution in [2.75, 3.05) is 23.8 Å². The second-order valence-electron chi connectivity index (χ2n) is 5.78. The van der Waals surface area contributed by atoms with Crippen LogP contribution in [0.15, 0.2) is 36.7 Å². The number of hydrogen-bond acceptors (Lipinski definition) is 5. The van der Waals surface area contributed by atoms with Gasteiger partial charge in [0.15, 0.2) is 0 Å². The molecule has 3 rings (SSSR count). The van der Waals surface area contributed by atoms with E-state index in [-0.39, 0.29) is 12.0 Å². The lowest BCUT2D eigenvalue weighted by Crippen LogP contribution is -2.45. The number of halogens is 1. The van der Waals surface area contributed by atoms with Crippen LogP contribution in [-0.2, 0) is 11.3 Å². The Morgan fingerprint density at radius 1 is 1.54 bits per heavy atom. The normalized spacial score (nSPS) is 17.4. The number of fused-ring (bicyclic) bond motifs is 1. The molecule has 0 aliphatic carbocycles. The third-order valence-corrected chi connectivity index (χ3v) is 4.18. The predicted octanol–water partition coefficient (Wildman–Crippen LogP) is 1.34. The van der Waals surface area contributed by atoms with Gasteiger partial charge in [0.25, 0.3) is 0 Å². The van der Waals surface area contributed by atoms with Crippen molar-refractivity contribution in [3.63, 3.8) is 0 Å². The van der Waals surface area contributed by atoms with E-state index in [1.807, 2.05) is 24.2 Å². The molecule has 0 bridgehead atoms. The van der Waals surface area contributed by atoms with E-state index in [4.69, 9.17) is 0 Å². The Bertz CT molecular complexity index is 706. The van der Waals surface area contributed by atoms with Crippen molar-refractivity contribution in [3.8, 4) is 0 Å². The van der Waals surface area contributed by atoms with Crippen molar-refractivity contribution in [2.24, 2.45) is 0 Å². The standard InChI is InChI=1S/C16H20FN5O2/c1-21-14-4-3-11(17)9-12(14)20-15(21)10-13(16(23)24)18-6-8-22-7-2-5-19-22/h2-5,7,9,13,15,18,20H,6,8,10H2,1H3,(H,23,24)/t13-,15?/m1/s1. The van der Waals surface area contributed by atoms with Crippen LogP contribution in [0.2, 0.25) is 0 Å². The van der Waals surface area contributed by atoms with Gasteiger partial charge in [-0.3, -0.25) is 9.48 Å². The number of benzene rings is 1. The van der Waals surface area contributed by atoms with E-state index < -0.39 is 12.0 Å². The summed E-state index contributed by atoms with van der Waals surface area (Å²) in [5, 5.41) is 19.8. The molecule has 2 atom stereocenters. The SMILES string of the molecule is CN1c2ccc(F)cc2NC1C[C@@H](NCCn1cccn1)C(=O)O. The molecule has 0 amide bonds. The molecule has 7 nitrogen and oxygen atoms in total. The maximum absolute atomic E-state index is 13.3. The Hall–Kier alpha value is -2.61. The number of rotatable bonds is 7. The molecule has 1 unspecified atom stereocenters. The average molecular weight is 333 g/mol. The van der Waals surface area contributed by atoms with Crippen molar-refractivity contribution < 1.29 is 14.3 Å². The third-order valence-electron chi connectivity index (χ3n) is 4.18. The topological polar surface area (TPSA) is 82.4 Å². The fourth-order valence-electron chi connectivity index (χ4n) is 2.87. The van der Waals surface area contributed by atoms with Gasteiger partial charge in [-0.25, -0.2) is 4.39 Å². The Kier molecular flexibility index (Phi) is 4.66. The van der Waals surface area contributed by atoms with E-state index in [1.165, 1.54) is 12.1 Å². The highest BCUT2D eigenvalue weighted by molar-refractivity contribution is 5.77. The number of aliphatic carboxylic acids is 1. The van der Waals surface area contributed by atoms with Crippen LogP contribution in [0.1, 0.15) is 6.42 Å². The van der Waals surface area contributed by atoms with Gasteiger partial charge >= 0.3 is 5.97 Å². The first kappa shape index (κ1) is 16.3. The number of anilines is 2. The Morgan fingerprint density at radius 3 is 3.08 bits per heavy atom. The van der Waals surface area contributed by atoms with E-state index in [9.17, 15) is 14.3 Å². The summed E-state index contributed by atoms with van der Waals surface area (Å²) in [6.07, 6.45) is 3.65. The van der Waals surface area contributed by atoms with Gasteiger partial charge in [0.2, 0.25) is 0 Å². The molecule has 128 valence electrons. The van der Waals surface area contributed by atoms with Crippen LogP contribution in [-0.4, -0.2) is 46.7 Å². The molecule has 1 aliphatic rings. The molecule has 0 spiro atoms. The van der Waals surface area contributed by atoms with Gasteiger partial charge in [0.05, 0.1) is 17.9 Å². The van der Waals surface area contributed by atoms with Crippen LogP contribution in [0.4, 0.5) is 15.8 Å². The molecular formula is C16H20FN5O2. The van der Waals surface area contributed by atoms with Gasteiger partial charge in [-0.05, 0) is 24.3 Å². The molecule has 1 aliphatic heterocycles. The lowest BCUT2D eigenvalue weighted by molar-refractivity contribution is -0.139. The summed E-state index contributed by atoms with van der Waals surface area (Å²) in [5.74, 6) is -1.23. The zero-order chi connectivity index (χ0) is 17.1. The Balaban J connectivity index is 1.59. The second kappa shape index (κ2) is 6.88. The monoisotopic (exact) mass is 333 g/mol. The van der Waals surface area contributed by atoms with Crippen LogP contribution < -0.4 is 15.5 Å². The van der Waals surface area contributed by atoms with E-state index in [0.29, 0.717) is 25.2 Å². The van der Waals surface area contributed by atoms with E-state index in [1.54, 1.807) is 16.9 Å². The maximum Gasteiger partial charge on any atom is 0.320 e. The molecule has 0 radical (unpaired) electrons. The summed E-state index contributed by atoms with van der Waals surface area (Å²) in [6, 6.07) is 5.63. The Labute approximate surface area is 139 Å². The molecule has 0 saturated carbocycles. The van der Waals surface area contributed by atoms with Crippen molar-refractivity contribution in [3.05, 3.63) is 42.5 Å². The van der Waals surface area contributed by atoms with E-state index in [2.05, 4.69) is 15.7 Å². The van der Waals surface area contributed by atoms with Crippen molar-refractivity contribution >= 4 is 17.3 Å². The summed E-state index contributed by atoms with van der Waals surface area (Å²) < 4.78 is 15.1. The molecule has 3 N–H and O–H groups in total. The molecule has 1 aromatic carbocycles. The molecule has 2 aromatic rings. The second-order valence-corrected chi connectivity index (χ2v) is 5.78. The van der Waals surface area contributed by atoms with Gasteiger partial charge in [-0.15, -0.1) is 0 Å². The van der Waals surface area contributed by atoms with Crippen LogP contribution >= 0.6 is 0 Å². The number of nitrogens with zero attached hydrogens (tertiary/aromatic N) is 3. The highest BCUT2D eigenvalue weighted by Crippen LogP contribution is 2.35. The van der Waals surface area contributed by atoms with Crippen LogP contribution in [0.3, 0.4) is 0 Å². The van der Waals surface area contributed by atoms with E-state index in [0.717, 1.165) is 5.69 Å². The summed E-state index contributed by atoms with van der Waals surface area (Å²) in [5.41, 5.74) is 1.55. The van der Waals surface area contributed by atoms with Gasteiger partial charge < -0.3 is 20.6 Å². The quantitative estimate of drug-likeness (QED) is 0.709. The van der Waals surface area contributed by atoms with Gasteiger partial charge in [-0.1, -0.05) is 0 Å². The lowest BCUT2D eigenvalue weighted by atomic mass is 10.1. The largest absolute Gasteiger partial charge is 0.480 e. The highest BCUT2D eigenvalue weighted by atomic mass is 19.1. The minimum Gasteiger partial charge on any atom is -0.480 e. The number of hydrogen-bond donors (Lipinski definition) is 3. The molecule has 0 fully saturated rings. The summed E-state index contributed by atoms with van der Waals surface area (Å²) in [6.45, 7) is 1.09. The maximum atomic E-state index is 13.3. The lowest BCUT2D eigenvalue weighted by Gasteiger charge is -2.25. The summed E-state index contributed by atoms with van der Waals surface area (Å²) >= 11 is 0. The zero-order valence-corrected chi connectivity index (χ0v) is 13.3. The van der Waals surface area contributed by atoms with Gasteiger partial charge in [0, 0.05) is 32.4 Å². The molecule has 2 heterocycles. The van der Waals surface area contributed by atoms with Crippen molar-refractivity contribution in [1.82, 2.24) is 15.1 Å². The first-order valence-corrected chi connectivity index (χ1v) is 7.77. The van der Waals surface area contributed by atoms with Gasteiger partial charge in [-0.2, -0.15) is 5.10 Å². The minimum absolute atomic E-state index is 0.208. The van der Waals surface area contributed by atoms with E-state index >= 15 is 0 Å². The summed E-state index contributed by atoms with van der Waals surface area (Å²) in [4.78, 5) is 13.5. The van der Waals surface area contributed by atoms with Crippen molar-refractivity contribution in [2.45, 2.75) is 25.2 Å². The molecule has 8 heteroatoms. The number of nitrogens with one attached hydrogen (secondary N) is 2. The fourth-order valence-corrected chi connectivity index (χ4v) is 2.87. The Morgan fingerprint density at radius 2 is 2.38 bits per heavy atom. The minimum atomic E-state index is -0.909. The van der Waals surface area contributed by atoms with Crippen molar-refractivity contribution in [1.29, 1.82) is 0 Å². The highest BCUT2D eigenvalue weighted by Gasteiger charge is 2.30. The smallest absolute Gasteiger partial charge is 0.320 e. The first-order chi connectivity index (χ1) is 11.5. The molecule has 1 aromatic heterocycles. The first-order valence-electron chi connectivity index (χ1n) is 7.77. The fraction of sp³-hybridized carbons (Fsp3) is 0.375. The van der Waals surface area contributed by atoms with Crippen LogP contribution in [0, 0.1) is 5.82 Å². The molecule has 24 heavy (non-hydrogen) atoms. The predicted molar refractivity (Wildman–Crippen MR) is 88.5 cm³/mol. The number of carbonyl (C=O) groups is 1. The van der Waals surface area contributed by atoms with Gasteiger partial charge in [0.1, 0.15) is 18.0 Å². The third kappa shape index (κ3) is 3.48. The van der Waals surface area contributed by atoms with Crippen LogP contribution in [0.5, 0.6) is 0 Å². The number of carboxylic acid groups (broad SMARTS) is 1. The number of carboxylic acids is 1.